The van der Waals surface area contributed by atoms with Gasteiger partial charge in [-0.15, -0.1) is 0 Å². The lowest BCUT2D eigenvalue weighted by atomic mass is 10.5. The number of hydrogen-bond donors (Lipinski definition) is 0. The van der Waals surface area contributed by atoms with Crippen LogP contribution in [0, 0.1) is 0 Å². The zero-order chi connectivity index (χ0) is 22.7. The molecule has 31 heavy (non-hydrogen) atoms. The molecule has 0 radical (unpaired) electrons. The van der Waals surface area contributed by atoms with Crippen molar-refractivity contribution in [2.45, 2.75) is 116 Å². The molecule has 0 aromatic carbocycles. The lowest BCUT2D eigenvalue weighted by Crippen LogP contribution is -2.68. The van der Waals surface area contributed by atoms with Crippen molar-refractivity contribution < 1.29 is 0 Å². The van der Waals surface area contributed by atoms with Gasteiger partial charge in [0.15, 0.2) is 22.1 Å². The van der Waals surface area contributed by atoms with Crippen LogP contribution < -0.4 is 4.23 Å². The van der Waals surface area contributed by atoms with E-state index in [0.717, 1.165) is 17.1 Å². The molecule has 0 aliphatic carbocycles. The van der Waals surface area contributed by atoms with E-state index in [1.807, 2.05) is 6.20 Å². The molecular weight excluding hydrogens is 414 g/mol. The van der Waals surface area contributed by atoms with Crippen LogP contribution in [0.2, 0.25) is 36.3 Å². The average Bonchev–Trinajstić information content (AvgIpc) is 2.75. The second-order valence-electron chi connectivity index (χ2n) is 9.22. The number of nitrogens with zero attached hydrogens (tertiary/aromatic N) is 5. The molecule has 0 bridgehead atoms. The number of rotatable bonds is 15. The minimum Gasteiger partial charge on any atom is -0.393 e. The molecule has 2 aromatic rings. The van der Waals surface area contributed by atoms with Gasteiger partial charge < -0.3 is 4.23 Å². The highest BCUT2D eigenvalue weighted by Crippen LogP contribution is 2.42. The predicted octanol–water partition coefficient (Wildman–Crippen LogP) is 7.58. The lowest BCUT2D eigenvalue weighted by Gasteiger charge is -2.54. The second-order valence-corrected chi connectivity index (χ2v) is 18.5. The van der Waals surface area contributed by atoms with Gasteiger partial charge in [0.05, 0.1) is 6.20 Å². The third-order valence-electron chi connectivity index (χ3n) is 6.66. The van der Waals surface area contributed by atoms with Crippen molar-refractivity contribution in [3.8, 4) is 0 Å². The number of hydrogen-bond acceptors (Lipinski definition) is 5. The van der Waals surface area contributed by atoms with Crippen LogP contribution in [0.4, 0.5) is 5.95 Å². The van der Waals surface area contributed by atoms with Gasteiger partial charge in [-0.2, -0.15) is 4.98 Å². The summed E-state index contributed by atoms with van der Waals surface area (Å²) in [6.45, 7) is 14.3. The lowest BCUT2D eigenvalue weighted by molar-refractivity contribution is 0.865. The molecule has 0 N–H and O–H groups in total. The maximum atomic E-state index is 5.11. The number of anilines is 1. The first-order valence-corrected chi connectivity index (χ1v) is 17.9. The van der Waals surface area contributed by atoms with Gasteiger partial charge in [-0.25, -0.2) is 15.0 Å². The van der Waals surface area contributed by atoms with Crippen molar-refractivity contribution in [1.29, 1.82) is 0 Å². The van der Waals surface area contributed by atoms with Gasteiger partial charge in [-0.3, -0.25) is 0 Å². The van der Waals surface area contributed by atoms with E-state index in [1.165, 1.54) is 74.8 Å². The predicted molar refractivity (Wildman–Crippen MR) is 140 cm³/mol. The monoisotopic (exact) mass is 459 g/mol. The highest BCUT2D eigenvalue weighted by Gasteiger charge is 2.50. The number of fused-ring (bicyclic) bond motifs is 1. The molecule has 0 spiro atoms. The van der Waals surface area contributed by atoms with E-state index < -0.39 is 16.5 Å². The second kappa shape index (κ2) is 12.6. The summed E-state index contributed by atoms with van der Waals surface area (Å²) in [5.74, 6) is 0.983. The van der Waals surface area contributed by atoms with Crippen molar-refractivity contribution in [3.63, 3.8) is 0 Å². The Morgan fingerprint density at radius 2 is 1.03 bits per heavy atom. The average molecular weight is 460 g/mol. The Labute approximate surface area is 192 Å². The highest BCUT2D eigenvalue weighted by atomic mass is 28.4. The quantitative estimate of drug-likeness (QED) is 0.257. The minimum absolute atomic E-state index is 0.747. The molecule has 0 atom stereocenters. The maximum Gasteiger partial charge on any atom is 0.211 e. The molecule has 7 heteroatoms. The molecule has 2 aromatic heterocycles. The molecule has 0 unspecified atom stereocenters. The van der Waals surface area contributed by atoms with Crippen molar-refractivity contribution in [2.24, 2.45) is 0 Å². The summed E-state index contributed by atoms with van der Waals surface area (Å²) in [7, 11) is -3.56. The normalized spacial score (nSPS) is 12.5. The van der Waals surface area contributed by atoms with Gasteiger partial charge in [0.1, 0.15) is 5.52 Å². The van der Waals surface area contributed by atoms with Gasteiger partial charge in [0.2, 0.25) is 5.95 Å². The summed E-state index contributed by atoms with van der Waals surface area (Å²) in [5, 5.41) is 0. The van der Waals surface area contributed by atoms with E-state index in [0.29, 0.717) is 0 Å². The summed E-state index contributed by atoms with van der Waals surface area (Å²) in [6, 6.07) is 8.10. The molecule has 174 valence electrons. The largest absolute Gasteiger partial charge is 0.393 e. The highest BCUT2D eigenvalue weighted by molar-refractivity contribution is 7.02. The third kappa shape index (κ3) is 5.92. The van der Waals surface area contributed by atoms with Crippen LogP contribution in [0.1, 0.15) is 80.1 Å². The van der Waals surface area contributed by atoms with E-state index >= 15 is 0 Å². The smallest absolute Gasteiger partial charge is 0.211 e. The fourth-order valence-corrected chi connectivity index (χ4v) is 21.5. The maximum absolute atomic E-state index is 5.11. The minimum atomic E-state index is -1.78. The Bertz CT molecular complexity index is 725. The van der Waals surface area contributed by atoms with E-state index in [4.69, 9.17) is 9.97 Å². The van der Waals surface area contributed by atoms with E-state index in [-0.39, 0.29) is 0 Å². The van der Waals surface area contributed by atoms with Crippen LogP contribution in [0.5, 0.6) is 0 Å². The zero-order valence-electron chi connectivity index (χ0n) is 21.0. The van der Waals surface area contributed by atoms with Gasteiger partial charge >= 0.3 is 0 Å². The molecule has 0 saturated carbocycles. The Hall–Kier alpha value is -1.35. The summed E-state index contributed by atoms with van der Waals surface area (Å²) in [4.78, 5) is 19.1. The molecule has 2 rings (SSSR count). The van der Waals surface area contributed by atoms with Crippen LogP contribution in [-0.4, -0.2) is 36.4 Å². The first kappa shape index (κ1) is 25.9. The van der Waals surface area contributed by atoms with Crippen molar-refractivity contribution >= 4 is 33.6 Å². The molecular formula is C24H45N5Si2. The van der Waals surface area contributed by atoms with Crippen LogP contribution in [0.3, 0.4) is 0 Å². The van der Waals surface area contributed by atoms with Gasteiger partial charge in [0.25, 0.3) is 0 Å². The van der Waals surface area contributed by atoms with Crippen molar-refractivity contribution in [1.82, 2.24) is 19.9 Å². The summed E-state index contributed by atoms with van der Waals surface area (Å²) >= 11 is 0. The Kier molecular flexibility index (Phi) is 10.6. The summed E-state index contributed by atoms with van der Waals surface area (Å²) in [5.41, 5.74) is 1.55. The SMILES string of the molecule is CCC[Si](CCC)(CCC)N(c1ncc2nccnc2n1)[Si](CCC)(CCC)CCC. The topological polar surface area (TPSA) is 54.8 Å². The molecule has 0 aliphatic rings. The van der Waals surface area contributed by atoms with Crippen LogP contribution in [0.15, 0.2) is 18.6 Å². The fourth-order valence-electron chi connectivity index (χ4n) is 6.01. The Balaban J connectivity index is 2.81. The van der Waals surface area contributed by atoms with Crippen LogP contribution in [0.25, 0.3) is 11.2 Å². The fraction of sp³-hybridized carbons (Fsp3) is 0.750. The van der Waals surface area contributed by atoms with Gasteiger partial charge in [-0.1, -0.05) is 80.1 Å². The van der Waals surface area contributed by atoms with Crippen molar-refractivity contribution in [2.75, 3.05) is 4.23 Å². The Morgan fingerprint density at radius 1 is 0.613 bits per heavy atom. The van der Waals surface area contributed by atoms with Gasteiger partial charge in [-0.05, 0) is 36.3 Å². The number of aromatic nitrogens is 4. The molecule has 0 fully saturated rings. The summed E-state index contributed by atoms with van der Waals surface area (Å²) < 4.78 is 3.00. The van der Waals surface area contributed by atoms with Crippen LogP contribution in [-0.2, 0) is 0 Å². The molecule has 0 saturated heterocycles. The zero-order valence-corrected chi connectivity index (χ0v) is 23.0. The molecule has 0 amide bonds. The first-order chi connectivity index (χ1) is 15.1. The van der Waals surface area contributed by atoms with Gasteiger partial charge in [0, 0.05) is 12.4 Å². The van der Waals surface area contributed by atoms with E-state index in [1.54, 1.807) is 12.4 Å². The van der Waals surface area contributed by atoms with Crippen molar-refractivity contribution in [3.05, 3.63) is 18.6 Å². The molecule has 5 nitrogen and oxygen atoms in total. The Morgan fingerprint density at radius 3 is 1.45 bits per heavy atom. The van der Waals surface area contributed by atoms with E-state index in [9.17, 15) is 0 Å². The molecule has 0 aliphatic heterocycles. The standard InChI is InChI=1S/C24H45N5Si2/c1-7-15-30(16-8-2,17-9-3)29(31(18-10-4,19-11-5)20-12-6)24-27-21-22-23(28-24)26-14-13-25-22/h13-14,21H,7-12,15-20H2,1-6H3. The summed E-state index contributed by atoms with van der Waals surface area (Å²) in [6.07, 6.45) is 12.9. The first-order valence-electron chi connectivity index (χ1n) is 12.8. The van der Waals surface area contributed by atoms with Crippen LogP contribution >= 0.6 is 0 Å². The third-order valence-corrected chi connectivity index (χ3v) is 20.4. The molecule has 2 heterocycles. The van der Waals surface area contributed by atoms with E-state index in [2.05, 4.69) is 55.7 Å².